The first-order valence-electron chi connectivity index (χ1n) is 5.65. The lowest BCUT2D eigenvalue weighted by atomic mass is 9.84. The molecule has 0 bridgehead atoms. The molecule has 1 aromatic heterocycles. The average molecular weight is 218 g/mol. The molecule has 16 heavy (non-hydrogen) atoms. The van der Waals surface area contributed by atoms with E-state index in [0.717, 1.165) is 25.0 Å². The lowest BCUT2D eigenvalue weighted by molar-refractivity contribution is 0.0800. The highest BCUT2D eigenvalue weighted by molar-refractivity contribution is 5.31. The van der Waals surface area contributed by atoms with Gasteiger partial charge in [0.2, 0.25) is 0 Å². The van der Waals surface area contributed by atoms with Crippen molar-refractivity contribution in [2.24, 2.45) is 0 Å². The fourth-order valence-electron chi connectivity index (χ4n) is 2.02. The van der Waals surface area contributed by atoms with Crippen molar-refractivity contribution in [3.8, 4) is 0 Å². The van der Waals surface area contributed by atoms with Crippen molar-refractivity contribution in [3.05, 3.63) is 41.5 Å². The molecule has 0 amide bonds. The zero-order valence-electron chi connectivity index (χ0n) is 9.83. The lowest BCUT2D eigenvalue weighted by Crippen LogP contribution is -2.29. The van der Waals surface area contributed by atoms with Crippen LogP contribution in [0.25, 0.3) is 0 Å². The minimum Gasteiger partial charge on any atom is -0.385 e. The second kappa shape index (κ2) is 4.26. The van der Waals surface area contributed by atoms with Gasteiger partial charge in [0.05, 0.1) is 17.6 Å². The Morgan fingerprint density at radius 1 is 1.50 bits per heavy atom. The molecule has 86 valence electrons. The fourth-order valence-corrected chi connectivity index (χ4v) is 2.02. The summed E-state index contributed by atoms with van der Waals surface area (Å²) >= 11 is 0. The van der Waals surface area contributed by atoms with Crippen LogP contribution in [0.4, 0.5) is 0 Å². The number of H-pyrrole nitrogens is 1. The molecule has 1 aromatic rings. The smallest absolute Gasteiger partial charge is 0.0923 e. The van der Waals surface area contributed by atoms with Gasteiger partial charge in [-0.1, -0.05) is 23.3 Å². The predicted molar refractivity (Wildman–Crippen MR) is 64.0 cm³/mol. The number of allylic oxidation sites excluding steroid dienone is 2. The highest BCUT2D eigenvalue weighted by Crippen LogP contribution is 2.30. The highest BCUT2D eigenvalue weighted by Gasteiger charge is 2.26. The van der Waals surface area contributed by atoms with Gasteiger partial charge < -0.3 is 10.1 Å². The standard InChI is InChI=1S/C13H18N2O/c1-10-3-5-13(16,7-11(10)2)6-4-12-8-14-9-15-12/h3,5,8-9,16H,4,6-7H2,1-2H3,(H,14,15). The summed E-state index contributed by atoms with van der Waals surface area (Å²) in [7, 11) is 0. The third-order valence-electron chi connectivity index (χ3n) is 3.26. The molecule has 1 unspecified atom stereocenters. The van der Waals surface area contributed by atoms with Gasteiger partial charge in [0.1, 0.15) is 0 Å². The third kappa shape index (κ3) is 2.42. The summed E-state index contributed by atoms with van der Waals surface area (Å²) < 4.78 is 0. The number of nitrogens with zero attached hydrogens (tertiary/aromatic N) is 1. The molecule has 1 heterocycles. The van der Waals surface area contributed by atoms with Gasteiger partial charge in [-0.15, -0.1) is 0 Å². The van der Waals surface area contributed by atoms with Gasteiger partial charge >= 0.3 is 0 Å². The van der Waals surface area contributed by atoms with Crippen LogP contribution in [0.15, 0.2) is 35.8 Å². The van der Waals surface area contributed by atoms with Crippen LogP contribution in [0.3, 0.4) is 0 Å². The Morgan fingerprint density at radius 2 is 2.31 bits per heavy atom. The van der Waals surface area contributed by atoms with Gasteiger partial charge in [0, 0.05) is 12.6 Å². The van der Waals surface area contributed by atoms with Crippen LogP contribution in [0, 0.1) is 0 Å². The normalized spacial score (nSPS) is 25.2. The first-order chi connectivity index (χ1) is 7.59. The summed E-state index contributed by atoms with van der Waals surface area (Å²) in [5.41, 5.74) is 2.85. The lowest BCUT2D eigenvalue weighted by Gasteiger charge is -2.28. The van der Waals surface area contributed by atoms with Gasteiger partial charge in [0.25, 0.3) is 0 Å². The number of rotatable bonds is 3. The van der Waals surface area contributed by atoms with Crippen molar-refractivity contribution in [1.29, 1.82) is 0 Å². The van der Waals surface area contributed by atoms with E-state index in [4.69, 9.17) is 0 Å². The molecule has 3 nitrogen and oxygen atoms in total. The molecule has 1 atom stereocenters. The minimum atomic E-state index is -0.692. The first kappa shape index (κ1) is 11.1. The summed E-state index contributed by atoms with van der Waals surface area (Å²) in [6, 6.07) is 0. The minimum absolute atomic E-state index is 0.692. The molecule has 2 N–H and O–H groups in total. The molecule has 1 aliphatic carbocycles. The Morgan fingerprint density at radius 3 is 2.94 bits per heavy atom. The molecule has 0 saturated carbocycles. The van der Waals surface area contributed by atoms with E-state index in [1.807, 2.05) is 18.3 Å². The van der Waals surface area contributed by atoms with Crippen LogP contribution in [0.2, 0.25) is 0 Å². The quantitative estimate of drug-likeness (QED) is 0.818. The van der Waals surface area contributed by atoms with Crippen LogP contribution in [-0.4, -0.2) is 20.7 Å². The summed E-state index contributed by atoms with van der Waals surface area (Å²) in [5.74, 6) is 0. The molecular formula is C13H18N2O. The number of aromatic nitrogens is 2. The van der Waals surface area contributed by atoms with Gasteiger partial charge in [-0.2, -0.15) is 0 Å². The van der Waals surface area contributed by atoms with Crippen molar-refractivity contribution in [1.82, 2.24) is 9.97 Å². The van der Waals surface area contributed by atoms with E-state index in [9.17, 15) is 5.11 Å². The van der Waals surface area contributed by atoms with Crippen LogP contribution in [0.1, 0.15) is 32.4 Å². The number of hydrogen-bond acceptors (Lipinski definition) is 2. The zero-order valence-corrected chi connectivity index (χ0v) is 9.83. The summed E-state index contributed by atoms with van der Waals surface area (Å²) in [5, 5.41) is 10.4. The maximum Gasteiger partial charge on any atom is 0.0923 e. The van der Waals surface area contributed by atoms with E-state index in [1.165, 1.54) is 11.1 Å². The van der Waals surface area contributed by atoms with Gasteiger partial charge in [0.15, 0.2) is 0 Å². The van der Waals surface area contributed by atoms with Crippen molar-refractivity contribution in [2.75, 3.05) is 0 Å². The topological polar surface area (TPSA) is 48.9 Å². The number of nitrogens with one attached hydrogen (secondary N) is 1. The van der Waals surface area contributed by atoms with Crippen LogP contribution >= 0.6 is 0 Å². The van der Waals surface area contributed by atoms with Crippen molar-refractivity contribution in [3.63, 3.8) is 0 Å². The van der Waals surface area contributed by atoms with Crippen LogP contribution in [-0.2, 0) is 6.42 Å². The van der Waals surface area contributed by atoms with E-state index < -0.39 is 5.60 Å². The summed E-state index contributed by atoms with van der Waals surface area (Å²) in [6.07, 6.45) is 9.75. The monoisotopic (exact) mass is 218 g/mol. The predicted octanol–water partition coefficient (Wildman–Crippen LogP) is 2.37. The second-order valence-corrected chi connectivity index (χ2v) is 4.64. The molecule has 2 rings (SSSR count). The second-order valence-electron chi connectivity index (χ2n) is 4.64. The van der Waals surface area contributed by atoms with Crippen molar-refractivity contribution >= 4 is 0 Å². The molecule has 0 aliphatic heterocycles. The molecule has 0 aromatic carbocycles. The first-order valence-corrected chi connectivity index (χ1v) is 5.65. The number of aliphatic hydroxyl groups is 1. The van der Waals surface area contributed by atoms with E-state index >= 15 is 0 Å². The fraction of sp³-hybridized carbons (Fsp3) is 0.462. The van der Waals surface area contributed by atoms with E-state index in [2.05, 4.69) is 23.8 Å². The Hall–Kier alpha value is -1.35. The molecular weight excluding hydrogens is 200 g/mol. The summed E-state index contributed by atoms with van der Waals surface area (Å²) in [6.45, 7) is 4.16. The SMILES string of the molecule is CC1=C(C)CC(O)(CCc2c[nH]cn2)C=C1. The van der Waals surface area contributed by atoms with Gasteiger partial charge in [-0.3, -0.25) is 0 Å². The molecule has 0 spiro atoms. The molecule has 0 saturated heterocycles. The molecule has 1 aliphatic rings. The van der Waals surface area contributed by atoms with Crippen LogP contribution in [0.5, 0.6) is 0 Å². The van der Waals surface area contributed by atoms with Gasteiger partial charge in [-0.05, 0) is 26.7 Å². The Kier molecular flexibility index (Phi) is 2.97. The summed E-state index contributed by atoms with van der Waals surface area (Å²) in [4.78, 5) is 7.09. The van der Waals surface area contributed by atoms with E-state index in [0.29, 0.717) is 0 Å². The average Bonchev–Trinajstić information content (AvgIpc) is 2.75. The highest BCUT2D eigenvalue weighted by atomic mass is 16.3. The number of aryl methyl sites for hydroxylation is 1. The zero-order chi connectivity index (χ0) is 11.6. The maximum absolute atomic E-state index is 10.4. The van der Waals surface area contributed by atoms with Crippen molar-refractivity contribution in [2.45, 2.75) is 38.7 Å². The maximum atomic E-state index is 10.4. The third-order valence-corrected chi connectivity index (χ3v) is 3.26. The number of hydrogen-bond donors (Lipinski definition) is 2. The molecule has 0 fully saturated rings. The van der Waals surface area contributed by atoms with Crippen LogP contribution < -0.4 is 0 Å². The Labute approximate surface area is 95.9 Å². The van der Waals surface area contributed by atoms with E-state index in [-0.39, 0.29) is 0 Å². The molecule has 0 radical (unpaired) electrons. The Bertz CT molecular complexity index is 417. The number of aromatic amines is 1. The molecule has 3 heteroatoms. The largest absolute Gasteiger partial charge is 0.385 e. The van der Waals surface area contributed by atoms with Gasteiger partial charge in [-0.25, -0.2) is 4.98 Å². The van der Waals surface area contributed by atoms with Crippen molar-refractivity contribution < 1.29 is 5.11 Å². The van der Waals surface area contributed by atoms with E-state index in [1.54, 1.807) is 6.33 Å². The Balaban J connectivity index is 1.98. The number of imidazole rings is 1.